The second-order valence-electron chi connectivity index (χ2n) is 8.16. The Balaban J connectivity index is 1.94. The minimum Gasteiger partial charge on any atom is -0.493 e. The van der Waals surface area contributed by atoms with E-state index in [1.54, 1.807) is 30.5 Å². The molecule has 164 valence electrons. The van der Waals surface area contributed by atoms with Crippen LogP contribution in [-0.2, 0) is 9.84 Å². The molecule has 4 rings (SSSR count). The van der Waals surface area contributed by atoms with Crippen LogP contribution in [0.1, 0.15) is 31.2 Å². The molecule has 0 bridgehead atoms. The summed E-state index contributed by atoms with van der Waals surface area (Å²) in [5.74, 6) is 0.444. The van der Waals surface area contributed by atoms with Gasteiger partial charge in [0.1, 0.15) is 17.6 Å². The lowest BCUT2D eigenvalue weighted by molar-refractivity contribution is 0.252. The standard InChI is InChI=1S/C25H23FN2O3S/c1-32(29,30)22-11-23(19-6-8-21(26)9-7-19)25(20-10-18(13-27)14-28-15-20)24(12-22)31-16-17-4-2-3-5-17/h6-12,14-15,17H,2-5,16H2,1H3. The monoisotopic (exact) mass is 450 g/mol. The second-order valence-corrected chi connectivity index (χ2v) is 10.2. The summed E-state index contributed by atoms with van der Waals surface area (Å²) < 4.78 is 44.7. The zero-order valence-electron chi connectivity index (χ0n) is 17.7. The van der Waals surface area contributed by atoms with Crippen LogP contribution in [0.3, 0.4) is 0 Å². The number of nitrogens with zero attached hydrogens (tertiary/aromatic N) is 2. The summed E-state index contributed by atoms with van der Waals surface area (Å²) in [4.78, 5) is 4.29. The van der Waals surface area contributed by atoms with E-state index in [1.807, 2.05) is 0 Å². The van der Waals surface area contributed by atoms with Crippen LogP contribution in [0.4, 0.5) is 4.39 Å². The van der Waals surface area contributed by atoms with E-state index in [1.165, 1.54) is 37.2 Å². The molecule has 0 amide bonds. The van der Waals surface area contributed by atoms with Crippen molar-refractivity contribution in [2.45, 2.75) is 30.6 Å². The first-order valence-corrected chi connectivity index (χ1v) is 12.4. The molecule has 5 nitrogen and oxygen atoms in total. The lowest BCUT2D eigenvalue weighted by Gasteiger charge is -2.20. The highest BCUT2D eigenvalue weighted by atomic mass is 32.2. The van der Waals surface area contributed by atoms with E-state index in [2.05, 4.69) is 11.1 Å². The third-order valence-corrected chi connectivity index (χ3v) is 6.86. The average molecular weight is 451 g/mol. The fourth-order valence-electron chi connectivity index (χ4n) is 4.10. The SMILES string of the molecule is CS(=O)(=O)c1cc(OCC2CCCC2)c(-c2cncc(C#N)c2)c(-c2ccc(F)cc2)c1. The normalized spacial score (nSPS) is 14.3. The lowest BCUT2D eigenvalue weighted by atomic mass is 9.94. The van der Waals surface area contributed by atoms with E-state index >= 15 is 0 Å². The van der Waals surface area contributed by atoms with Crippen molar-refractivity contribution in [3.05, 3.63) is 66.2 Å². The molecule has 3 aromatic rings. The quantitative estimate of drug-likeness (QED) is 0.502. The Labute approximate surface area is 187 Å². The number of ether oxygens (including phenoxy) is 1. The zero-order chi connectivity index (χ0) is 22.7. The molecule has 1 fully saturated rings. The van der Waals surface area contributed by atoms with Crippen LogP contribution < -0.4 is 4.74 Å². The number of aromatic nitrogens is 1. The number of benzene rings is 2. The average Bonchev–Trinajstić information content (AvgIpc) is 3.31. The molecule has 1 aliphatic carbocycles. The van der Waals surface area contributed by atoms with Gasteiger partial charge >= 0.3 is 0 Å². The molecular formula is C25H23FN2O3S. The minimum absolute atomic E-state index is 0.117. The Hall–Kier alpha value is -3.24. The van der Waals surface area contributed by atoms with Crippen molar-refractivity contribution in [2.24, 2.45) is 5.92 Å². The smallest absolute Gasteiger partial charge is 0.175 e. The molecular weight excluding hydrogens is 427 g/mol. The number of halogens is 1. The van der Waals surface area contributed by atoms with Gasteiger partial charge in [-0.1, -0.05) is 25.0 Å². The first-order chi connectivity index (χ1) is 15.3. The number of rotatable bonds is 6. The van der Waals surface area contributed by atoms with Crippen molar-refractivity contribution in [2.75, 3.05) is 12.9 Å². The Bertz CT molecular complexity index is 1280. The number of nitriles is 1. The number of hydrogen-bond acceptors (Lipinski definition) is 5. The predicted octanol–water partition coefficient (Wildman–Crippen LogP) is 5.40. The largest absolute Gasteiger partial charge is 0.493 e. The Morgan fingerprint density at radius 1 is 1.09 bits per heavy atom. The molecule has 0 radical (unpaired) electrons. The van der Waals surface area contributed by atoms with Crippen LogP contribution in [0.25, 0.3) is 22.3 Å². The maximum atomic E-state index is 13.6. The molecule has 0 saturated heterocycles. The van der Waals surface area contributed by atoms with E-state index in [0.717, 1.165) is 19.1 Å². The molecule has 32 heavy (non-hydrogen) atoms. The van der Waals surface area contributed by atoms with Gasteiger partial charge in [-0.15, -0.1) is 0 Å². The molecule has 1 aromatic heterocycles. The van der Waals surface area contributed by atoms with Gasteiger partial charge in [0, 0.05) is 29.8 Å². The topological polar surface area (TPSA) is 80.1 Å². The number of sulfone groups is 1. The van der Waals surface area contributed by atoms with Gasteiger partial charge in [-0.25, -0.2) is 12.8 Å². The summed E-state index contributed by atoms with van der Waals surface area (Å²) in [5.41, 5.74) is 2.85. The van der Waals surface area contributed by atoms with Crippen molar-refractivity contribution in [3.8, 4) is 34.1 Å². The van der Waals surface area contributed by atoms with E-state index in [9.17, 15) is 18.1 Å². The van der Waals surface area contributed by atoms with Gasteiger partial charge in [-0.3, -0.25) is 4.98 Å². The van der Waals surface area contributed by atoms with Gasteiger partial charge in [0.05, 0.1) is 17.1 Å². The third kappa shape index (κ3) is 4.81. The third-order valence-electron chi connectivity index (χ3n) is 5.76. The van der Waals surface area contributed by atoms with Crippen LogP contribution in [0.15, 0.2) is 59.8 Å². The van der Waals surface area contributed by atoms with Crippen molar-refractivity contribution < 1.29 is 17.5 Å². The fraction of sp³-hybridized carbons (Fsp3) is 0.280. The Morgan fingerprint density at radius 3 is 2.47 bits per heavy atom. The first-order valence-electron chi connectivity index (χ1n) is 10.5. The summed E-state index contributed by atoms with van der Waals surface area (Å²) in [5, 5.41) is 9.35. The molecule has 7 heteroatoms. The molecule has 0 spiro atoms. The van der Waals surface area contributed by atoms with Crippen molar-refractivity contribution >= 4 is 9.84 Å². The number of pyridine rings is 1. The van der Waals surface area contributed by atoms with Gasteiger partial charge < -0.3 is 4.74 Å². The fourth-order valence-corrected chi connectivity index (χ4v) is 4.75. The summed E-state index contributed by atoms with van der Waals surface area (Å²) in [7, 11) is -3.54. The van der Waals surface area contributed by atoms with Gasteiger partial charge in [-0.05, 0) is 60.2 Å². The maximum absolute atomic E-state index is 13.6. The minimum atomic E-state index is -3.54. The van der Waals surface area contributed by atoms with Gasteiger partial charge in [0.2, 0.25) is 0 Å². The van der Waals surface area contributed by atoms with Crippen LogP contribution in [0.5, 0.6) is 5.75 Å². The van der Waals surface area contributed by atoms with Crippen LogP contribution in [0, 0.1) is 23.1 Å². The number of hydrogen-bond donors (Lipinski definition) is 0. The van der Waals surface area contributed by atoms with E-state index in [4.69, 9.17) is 4.74 Å². The summed E-state index contributed by atoms with van der Waals surface area (Å²) in [6.45, 7) is 0.481. The molecule has 1 heterocycles. The van der Waals surface area contributed by atoms with Gasteiger partial charge in [0.25, 0.3) is 0 Å². The second kappa shape index (κ2) is 9.09. The van der Waals surface area contributed by atoms with E-state index < -0.39 is 9.84 Å². The summed E-state index contributed by atoms with van der Waals surface area (Å²) in [6, 6.07) is 12.7. The highest BCUT2D eigenvalue weighted by Crippen LogP contribution is 2.42. The lowest BCUT2D eigenvalue weighted by Crippen LogP contribution is -2.10. The predicted molar refractivity (Wildman–Crippen MR) is 120 cm³/mol. The molecule has 0 N–H and O–H groups in total. The summed E-state index contributed by atoms with van der Waals surface area (Å²) >= 11 is 0. The van der Waals surface area contributed by atoms with Crippen molar-refractivity contribution in [3.63, 3.8) is 0 Å². The Kier molecular flexibility index (Phi) is 6.24. The van der Waals surface area contributed by atoms with Crippen LogP contribution in [-0.4, -0.2) is 26.3 Å². The highest BCUT2D eigenvalue weighted by molar-refractivity contribution is 7.90. The van der Waals surface area contributed by atoms with Crippen molar-refractivity contribution in [1.82, 2.24) is 4.98 Å². The summed E-state index contributed by atoms with van der Waals surface area (Å²) in [6.07, 6.45) is 8.72. The molecule has 0 aliphatic heterocycles. The molecule has 0 atom stereocenters. The maximum Gasteiger partial charge on any atom is 0.175 e. The van der Waals surface area contributed by atoms with E-state index in [-0.39, 0.29) is 10.7 Å². The van der Waals surface area contributed by atoms with Crippen LogP contribution >= 0.6 is 0 Å². The van der Waals surface area contributed by atoms with Gasteiger partial charge in [0.15, 0.2) is 9.84 Å². The molecule has 1 aliphatic rings. The zero-order valence-corrected chi connectivity index (χ0v) is 18.5. The van der Waals surface area contributed by atoms with Gasteiger partial charge in [-0.2, -0.15) is 5.26 Å². The van der Waals surface area contributed by atoms with E-state index in [0.29, 0.717) is 46.1 Å². The molecule has 2 aromatic carbocycles. The Morgan fingerprint density at radius 2 is 1.81 bits per heavy atom. The van der Waals surface area contributed by atoms with Crippen molar-refractivity contribution in [1.29, 1.82) is 5.26 Å². The first kappa shape index (κ1) is 22.0. The molecule has 0 unspecified atom stereocenters. The van der Waals surface area contributed by atoms with Crippen LogP contribution in [0.2, 0.25) is 0 Å². The highest BCUT2D eigenvalue weighted by Gasteiger charge is 2.22. The molecule has 1 saturated carbocycles.